The Labute approximate surface area is 263 Å². The Morgan fingerprint density at radius 1 is 1.02 bits per heavy atom. The van der Waals surface area contributed by atoms with Crippen molar-refractivity contribution < 1.29 is 33.8 Å². The van der Waals surface area contributed by atoms with Crippen molar-refractivity contribution in [2.75, 3.05) is 6.54 Å². The number of nitrogens with one attached hydrogen (secondary N) is 2. The number of esters is 2. The van der Waals surface area contributed by atoms with Crippen molar-refractivity contribution in [1.82, 2.24) is 10.6 Å². The first-order valence-electron chi connectivity index (χ1n) is 14.8. The van der Waals surface area contributed by atoms with Gasteiger partial charge in [-0.2, -0.15) is 0 Å². The minimum absolute atomic E-state index is 0.0348. The number of phenolic OH excluding ortho intramolecular Hbond substituents is 1. The zero-order valence-electron chi connectivity index (χ0n) is 25.5. The number of benzene rings is 2. The van der Waals surface area contributed by atoms with Crippen molar-refractivity contribution in [3.8, 4) is 5.75 Å². The van der Waals surface area contributed by atoms with Crippen LogP contribution in [0.15, 0.2) is 66.8 Å². The molecular weight excluding hydrogens is 584 g/mol. The van der Waals surface area contributed by atoms with Crippen LogP contribution in [0.25, 0.3) is 6.08 Å². The molecule has 3 N–H and O–H groups in total. The maximum absolute atomic E-state index is 13.3. The number of phenols is 1. The van der Waals surface area contributed by atoms with E-state index in [-0.39, 0.29) is 48.4 Å². The number of aromatic hydroxyl groups is 1. The molecule has 9 nitrogen and oxygen atoms in total. The number of cyclic esters (lactones) is 2. The fourth-order valence-corrected chi connectivity index (χ4v) is 4.74. The van der Waals surface area contributed by atoms with Crippen molar-refractivity contribution >= 4 is 41.4 Å². The minimum Gasteiger partial charge on any atom is -0.506 e. The molecule has 1 heterocycles. The number of ether oxygens (including phenoxy) is 2. The Morgan fingerprint density at radius 2 is 1.75 bits per heavy atom. The number of halogens is 1. The molecule has 1 aliphatic heterocycles. The molecule has 10 heteroatoms. The molecule has 0 aromatic heterocycles. The summed E-state index contributed by atoms with van der Waals surface area (Å²) in [5.74, 6) is -3.45. The van der Waals surface area contributed by atoms with E-state index in [0.29, 0.717) is 5.56 Å². The molecule has 3 rings (SSSR count). The van der Waals surface area contributed by atoms with E-state index in [2.05, 4.69) is 10.6 Å². The van der Waals surface area contributed by atoms with Crippen LogP contribution in [0.3, 0.4) is 0 Å². The van der Waals surface area contributed by atoms with Gasteiger partial charge in [-0.15, -0.1) is 0 Å². The van der Waals surface area contributed by atoms with Gasteiger partial charge in [0.1, 0.15) is 17.9 Å². The maximum atomic E-state index is 13.3. The second-order valence-corrected chi connectivity index (χ2v) is 11.9. The summed E-state index contributed by atoms with van der Waals surface area (Å²) in [6.07, 6.45) is 5.51. The molecule has 0 radical (unpaired) electrons. The molecule has 5 unspecified atom stereocenters. The minimum atomic E-state index is -1.12. The molecule has 44 heavy (non-hydrogen) atoms. The highest BCUT2D eigenvalue weighted by atomic mass is 35.5. The Morgan fingerprint density at radius 3 is 2.43 bits per heavy atom. The lowest BCUT2D eigenvalue weighted by Gasteiger charge is -2.26. The van der Waals surface area contributed by atoms with E-state index in [4.69, 9.17) is 21.1 Å². The summed E-state index contributed by atoms with van der Waals surface area (Å²) >= 11 is 6.05. The van der Waals surface area contributed by atoms with Crippen LogP contribution in [-0.2, 0) is 35.1 Å². The molecule has 5 atom stereocenters. The molecule has 2 aromatic rings. The molecular formula is C34H41ClN2O7. The van der Waals surface area contributed by atoms with Crippen molar-refractivity contribution in [3.63, 3.8) is 0 Å². The number of hydrogen-bond donors (Lipinski definition) is 3. The molecule has 2 aromatic carbocycles. The van der Waals surface area contributed by atoms with E-state index < -0.39 is 47.9 Å². The first-order valence-corrected chi connectivity index (χ1v) is 15.2. The van der Waals surface area contributed by atoms with Gasteiger partial charge >= 0.3 is 11.9 Å². The smallest absolute Gasteiger partial charge is 0.347 e. The average Bonchev–Trinajstić information content (AvgIpc) is 2.98. The van der Waals surface area contributed by atoms with Crippen molar-refractivity contribution in [2.45, 2.75) is 65.2 Å². The molecule has 0 spiro atoms. The highest BCUT2D eigenvalue weighted by Crippen LogP contribution is 2.24. The van der Waals surface area contributed by atoms with Crippen LogP contribution in [0.4, 0.5) is 0 Å². The predicted molar refractivity (Wildman–Crippen MR) is 169 cm³/mol. The third-order valence-corrected chi connectivity index (χ3v) is 7.46. The number of amides is 2. The van der Waals surface area contributed by atoms with E-state index in [1.807, 2.05) is 63.3 Å². The third-order valence-electron chi connectivity index (χ3n) is 7.16. The Balaban J connectivity index is 1.89. The van der Waals surface area contributed by atoms with Gasteiger partial charge < -0.3 is 25.2 Å². The molecule has 236 valence electrons. The monoisotopic (exact) mass is 624 g/mol. The standard InChI is InChI=1S/C34H41ClN2O7/c1-21(2)17-30-34(42)43-29(22(3)13-14-24-9-6-5-7-10-24)11-8-12-31(39)37-27(19-25-15-16-28(38)26(35)18-25)32(40)36-20-23(4)33(41)44-30/h5-10,12-16,18,21-23,27,29-30,38H,11,17,19-20H2,1-4H3,(H,36,40)(H,37,39). The van der Waals surface area contributed by atoms with Crippen LogP contribution in [0, 0.1) is 17.8 Å². The summed E-state index contributed by atoms with van der Waals surface area (Å²) < 4.78 is 11.6. The van der Waals surface area contributed by atoms with Gasteiger partial charge in [-0.05, 0) is 41.7 Å². The third kappa shape index (κ3) is 10.9. The van der Waals surface area contributed by atoms with E-state index in [0.717, 1.165) is 5.56 Å². The summed E-state index contributed by atoms with van der Waals surface area (Å²) in [7, 11) is 0. The topological polar surface area (TPSA) is 131 Å². The number of carbonyl (C=O) groups is 4. The SMILES string of the molecule is CC(C)CC1OC(=O)C(C)CNC(=O)C(Cc2ccc(O)c(Cl)c2)NC(=O)C=CCC(C(C)C=Cc2ccccc2)OC1=O. The van der Waals surface area contributed by atoms with E-state index in [9.17, 15) is 24.3 Å². The van der Waals surface area contributed by atoms with Gasteiger partial charge in [0.15, 0.2) is 6.10 Å². The maximum Gasteiger partial charge on any atom is 0.347 e. The zero-order valence-corrected chi connectivity index (χ0v) is 26.3. The zero-order chi connectivity index (χ0) is 32.2. The van der Waals surface area contributed by atoms with E-state index in [1.54, 1.807) is 19.1 Å². The van der Waals surface area contributed by atoms with Crippen LogP contribution in [-0.4, -0.2) is 53.7 Å². The Bertz CT molecular complexity index is 1360. The lowest BCUT2D eigenvalue weighted by atomic mass is 9.99. The molecule has 0 fully saturated rings. The first kappa shape index (κ1) is 34.4. The quantitative estimate of drug-likeness (QED) is 0.369. The summed E-state index contributed by atoms with van der Waals surface area (Å²) in [5.41, 5.74) is 1.59. The summed E-state index contributed by atoms with van der Waals surface area (Å²) in [6, 6.07) is 13.2. The van der Waals surface area contributed by atoms with Gasteiger partial charge in [0.25, 0.3) is 0 Å². The number of hydrogen-bond acceptors (Lipinski definition) is 7. The summed E-state index contributed by atoms with van der Waals surface area (Å²) in [6.45, 7) is 7.23. The first-order chi connectivity index (χ1) is 20.9. The molecule has 0 saturated heterocycles. The largest absolute Gasteiger partial charge is 0.506 e. The number of rotatable bonds is 7. The Hall–Kier alpha value is -4.11. The highest BCUT2D eigenvalue weighted by molar-refractivity contribution is 6.32. The second kappa shape index (κ2) is 16.7. The van der Waals surface area contributed by atoms with Gasteiger partial charge in [0.2, 0.25) is 11.8 Å². The summed E-state index contributed by atoms with van der Waals surface area (Å²) in [4.78, 5) is 52.5. The van der Waals surface area contributed by atoms with Crippen molar-refractivity contribution in [3.05, 3.63) is 82.9 Å². The summed E-state index contributed by atoms with van der Waals surface area (Å²) in [5, 5.41) is 15.3. The van der Waals surface area contributed by atoms with Crippen LogP contribution < -0.4 is 10.6 Å². The van der Waals surface area contributed by atoms with Gasteiger partial charge in [-0.3, -0.25) is 14.4 Å². The molecule has 0 bridgehead atoms. The van der Waals surface area contributed by atoms with Crippen LogP contribution in [0.1, 0.15) is 51.7 Å². The van der Waals surface area contributed by atoms with Crippen LogP contribution >= 0.6 is 11.6 Å². The van der Waals surface area contributed by atoms with Gasteiger partial charge in [0.05, 0.1) is 10.9 Å². The lowest BCUT2D eigenvalue weighted by Crippen LogP contribution is -2.49. The van der Waals surface area contributed by atoms with Gasteiger partial charge in [0, 0.05) is 25.3 Å². The molecule has 0 aliphatic carbocycles. The molecule has 2 amide bonds. The van der Waals surface area contributed by atoms with E-state index >= 15 is 0 Å². The van der Waals surface area contributed by atoms with E-state index in [1.165, 1.54) is 18.2 Å². The number of carbonyl (C=O) groups excluding carboxylic acids is 4. The Kier molecular flexibility index (Phi) is 13.0. The average molecular weight is 625 g/mol. The van der Waals surface area contributed by atoms with Gasteiger partial charge in [-0.25, -0.2) is 4.79 Å². The predicted octanol–water partition coefficient (Wildman–Crippen LogP) is 5.00. The normalized spacial score (nSPS) is 23.1. The highest BCUT2D eigenvalue weighted by Gasteiger charge is 2.31. The van der Waals surface area contributed by atoms with Crippen LogP contribution in [0.2, 0.25) is 5.02 Å². The fraction of sp³-hybridized carbons (Fsp3) is 0.412. The lowest BCUT2D eigenvalue weighted by molar-refractivity contribution is -0.175. The molecule has 1 aliphatic rings. The second-order valence-electron chi connectivity index (χ2n) is 11.5. The van der Waals surface area contributed by atoms with Gasteiger partial charge in [-0.1, -0.05) is 93.9 Å². The molecule has 0 saturated carbocycles. The fourth-order valence-electron chi connectivity index (χ4n) is 4.53. The van der Waals surface area contributed by atoms with Crippen molar-refractivity contribution in [2.24, 2.45) is 17.8 Å². The van der Waals surface area contributed by atoms with Crippen LogP contribution in [0.5, 0.6) is 5.75 Å². The van der Waals surface area contributed by atoms with Crippen molar-refractivity contribution in [1.29, 1.82) is 0 Å².